The smallest absolute Gasteiger partial charge is 0.249 e. The largest absolute Gasteiger partial charge is 0.379 e. The number of nitrogens with one attached hydrogen (secondary N) is 1. The predicted molar refractivity (Wildman–Crippen MR) is 65.7 cm³/mol. The first-order chi connectivity index (χ1) is 8.13. The highest BCUT2D eigenvalue weighted by Gasteiger charge is 2.29. The molecule has 5 heteroatoms. The molecule has 1 fully saturated rings. The van der Waals surface area contributed by atoms with Crippen LogP contribution in [0.1, 0.15) is 33.1 Å². The molecule has 0 saturated carbocycles. The van der Waals surface area contributed by atoms with Crippen LogP contribution in [0, 0.1) is 0 Å². The summed E-state index contributed by atoms with van der Waals surface area (Å²) in [7, 11) is 0. The molecule has 1 amide bonds. The molecule has 17 heavy (non-hydrogen) atoms. The summed E-state index contributed by atoms with van der Waals surface area (Å²) < 4.78 is 10.9. The van der Waals surface area contributed by atoms with E-state index in [2.05, 4.69) is 5.32 Å². The van der Waals surface area contributed by atoms with Crippen molar-refractivity contribution < 1.29 is 14.3 Å². The Hall–Kier alpha value is -0.650. The van der Waals surface area contributed by atoms with Crippen LogP contribution < -0.4 is 11.1 Å². The summed E-state index contributed by atoms with van der Waals surface area (Å²) in [5.41, 5.74) is 5.49. The van der Waals surface area contributed by atoms with Crippen molar-refractivity contribution in [3.8, 4) is 0 Å². The zero-order valence-corrected chi connectivity index (χ0v) is 10.8. The standard InChI is InChI=1S/C12H24N2O3/c1-9(2)16-7-3-6-14-12(15)11-5-4-10(8-13)17-11/h9-11H,3-8,13H2,1-2H3,(H,14,15)/t10-,11+/m1/s1. The first-order valence-electron chi connectivity index (χ1n) is 6.38. The highest BCUT2D eigenvalue weighted by Crippen LogP contribution is 2.18. The normalized spacial score (nSPS) is 24.2. The van der Waals surface area contributed by atoms with Crippen molar-refractivity contribution in [2.75, 3.05) is 19.7 Å². The summed E-state index contributed by atoms with van der Waals surface area (Å²) in [4.78, 5) is 11.7. The fraction of sp³-hybridized carbons (Fsp3) is 0.917. The van der Waals surface area contributed by atoms with Gasteiger partial charge in [-0.25, -0.2) is 0 Å². The molecular weight excluding hydrogens is 220 g/mol. The molecule has 5 nitrogen and oxygen atoms in total. The van der Waals surface area contributed by atoms with Crippen LogP contribution >= 0.6 is 0 Å². The van der Waals surface area contributed by atoms with Gasteiger partial charge in [0.1, 0.15) is 6.10 Å². The highest BCUT2D eigenvalue weighted by atomic mass is 16.5. The minimum absolute atomic E-state index is 0.0227. The van der Waals surface area contributed by atoms with E-state index in [-0.39, 0.29) is 24.2 Å². The Morgan fingerprint density at radius 1 is 1.53 bits per heavy atom. The molecule has 1 saturated heterocycles. The van der Waals surface area contributed by atoms with Crippen molar-refractivity contribution >= 4 is 5.91 Å². The predicted octanol–water partition coefficient (Wildman–Crippen LogP) is 0.424. The lowest BCUT2D eigenvalue weighted by atomic mass is 10.2. The topological polar surface area (TPSA) is 73.6 Å². The second-order valence-electron chi connectivity index (χ2n) is 4.62. The molecule has 1 heterocycles. The van der Waals surface area contributed by atoms with Gasteiger partial charge in [0.15, 0.2) is 0 Å². The lowest BCUT2D eigenvalue weighted by Crippen LogP contribution is -2.36. The lowest BCUT2D eigenvalue weighted by Gasteiger charge is -2.13. The van der Waals surface area contributed by atoms with Gasteiger partial charge in [0.25, 0.3) is 0 Å². The fourth-order valence-electron chi connectivity index (χ4n) is 1.79. The van der Waals surface area contributed by atoms with E-state index in [0.717, 1.165) is 19.3 Å². The molecule has 2 atom stereocenters. The second-order valence-corrected chi connectivity index (χ2v) is 4.62. The van der Waals surface area contributed by atoms with Crippen LogP contribution in [0.15, 0.2) is 0 Å². The SMILES string of the molecule is CC(C)OCCCNC(=O)[C@@H]1CC[C@H](CN)O1. The Morgan fingerprint density at radius 3 is 2.88 bits per heavy atom. The number of ether oxygens (including phenoxy) is 2. The van der Waals surface area contributed by atoms with Crippen LogP contribution in [0.25, 0.3) is 0 Å². The number of amides is 1. The van der Waals surface area contributed by atoms with Gasteiger partial charge in [0.05, 0.1) is 12.2 Å². The number of hydrogen-bond donors (Lipinski definition) is 2. The third kappa shape index (κ3) is 5.48. The Kier molecular flexibility index (Phi) is 6.47. The van der Waals surface area contributed by atoms with Gasteiger partial charge in [0.2, 0.25) is 5.91 Å². The van der Waals surface area contributed by atoms with Gasteiger partial charge in [-0.15, -0.1) is 0 Å². The van der Waals surface area contributed by atoms with Gasteiger partial charge in [-0.1, -0.05) is 0 Å². The molecule has 3 N–H and O–H groups in total. The molecule has 1 aliphatic heterocycles. The molecule has 0 spiro atoms. The summed E-state index contributed by atoms with van der Waals surface area (Å²) in [6.07, 6.45) is 2.47. The van der Waals surface area contributed by atoms with E-state index in [0.29, 0.717) is 19.7 Å². The monoisotopic (exact) mass is 244 g/mol. The lowest BCUT2D eigenvalue weighted by molar-refractivity contribution is -0.131. The molecule has 0 aliphatic carbocycles. The Bertz CT molecular complexity index is 234. The van der Waals surface area contributed by atoms with Crippen molar-refractivity contribution in [1.82, 2.24) is 5.32 Å². The van der Waals surface area contributed by atoms with Gasteiger partial charge < -0.3 is 20.5 Å². The average molecular weight is 244 g/mol. The van der Waals surface area contributed by atoms with Crippen molar-refractivity contribution in [3.63, 3.8) is 0 Å². The highest BCUT2D eigenvalue weighted by molar-refractivity contribution is 5.80. The van der Waals surface area contributed by atoms with E-state index in [1.165, 1.54) is 0 Å². The van der Waals surface area contributed by atoms with Crippen LogP contribution in [0.4, 0.5) is 0 Å². The van der Waals surface area contributed by atoms with E-state index < -0.39 is 0 Å². The zero-order chi connectivity index (χ0) is 12.7. The van der Waals surface area contributed by atoms with Crippen molar-refractivity contribution in [1.29, 1.82) is 0 Å². The molecule has 0 aromatic carbocycles. The van der Waals surface area contributed by atoms with Crippen LogP contribution in [0.5, 0.6) is 0 Å². The molecule has 0 aromatic rings. The number of carbonyl (C=O) groups is 1. The first kappa shape index (κ1) is 14.4. The summed E-state index contributed by atoms with van der Waals surface area (Å²) in [6.45, 7) is 5.80. The quantitative estimate of drug-likeness (QED) is 0.637. The summed E-state index contributed by atoms with van der Waals surface area (Å²) >= 11 is 0. The fourth-order valence-corrected chi connectivity index (χ4v) is 1.79. The average Bonchev–Trinajstić information content (AvgIpc) is 2.76. The van der Waals surface area contributed by atoms with Crippen LogP contribution in [0.3, 0.4) is 0 Å². The second kappa shape index (κ2) is 7.63. The molecule has 100 valence electrons. The maximum absolute atomic E-state index is 11.7. The minimum Gasteiger partial charge on any atom is -0.379 e. The number of nitrogens with two attached hydrogens (primary N) is 1. The summed E-state index contributed by atoms with van der Waals surface area (Å²) in [5.74, 6) is -0.0227. The Morgan fingerprint density at radius 2 is 2.29 bits per heavy atom. The Balaban J connectivity index is 2.05. The minimum atomic E-state index is -0.311. The van der Waals surface area contributed by atoms with Crippen LogP contribution in [-0.2, 0) is 14.3 Å². The third-order valence-electron chi connectivity index (χ3n) is 2.73. The van der Waals surface area contributed by atoms with Crippen molar-refractivity contribution in [2.45, 2.75) is 51.4 Å². The van der Waals surface area contributed by atoms with E-state index in [1.54, 1.807) is 0 Å². The molecule has 1 rings (SSSR count). The molecule has 1 aliphatic rings. The number of carbonyl (C=O) groups excluding carboxylic acids is 1. The van der Waals surface area contributed by atoms with E-state index in [9.17, 15) is 4.79 Å². The first-order valence-corrected chi connectivity index (χ1v) is 6.38. The summed E-state index contributed by atoms with van der Waals surface area (Å²) in [5, 5.41) is 2.86. The molecule has 0 radical (unpaired) electrons. The summed E-state index contributed by atoms with van der Waals surface area (Å²) in [6, 6.07) is 0. The van der Waals surface area contributed by atoms with Gasteiger partial charge >= 0.3 is 0 Å². The van der Waals surface area contributed by atoms with Gasteiger partial charge in [-0.2, -0.15) is 0 Å². The third-order valence-corrected chi connectivity index (χ3v) is 2.73. The van der Waals surface area contributed by atoms with Gasteiger partial charge in [-0.3, -0.25) is 4.79 Å². The van der Waals surface area contributed by atoms with E-state index in [1.807, 2.05) is 13.8 Å². The maximum Gasteiger partial charge on any atom is 0.249 e. The molecule has 0 aromatic heterocycles. The zero-order valence-electron chi connectivity index (χ0n) is 10.8. The number of rotatable bonds is 7. The van der Waals surface area contributed by atoms with Gasteiger partial charge in [-0.05, 0) is 33.1 Å². The van der Waals surface area contributed by atoms with Crippen molar-refractivity contribution in [3.05, 3.63) is 0 Å². The van der Waals surface area contributed by atoms with Crippen molar-refractivity contribution in [2.24, 2.45) is 5.73 Å². The van der Waals surface area contributed by atoms with Gasteiger partial charge in [0, 0.05) is 19.7 Å². The molecule has 0 bridgehead atoms. The van der Waals surface area contributed by atoms with E-state index >= 15 is 0 Å². The van der Waals surface area contributed by atoms with Crippen LogP contribution in [-0.4, -0.2) is 43.9 Å². The Labute approximate surface area is 103 Å². The van der Waals surface area contributed by atoms with E-state index in [4.69, 9.17) is 15.2 Å². The molecule has 0 unspecified atom stereocenters. The number of hydrogen-bond acceptors (Lipinski definition) is 4. The maximum atomic E-state index is 11.7. The van der Waals surface area contributed by atoms with Crippen LogP contribution in [0.2, 0.25) is 0 Å². The molecular formula is C12H24N2O3.